The number of H-pyrrole nitrogens is 1. The first kappa shape index (κ1) is 27.1. The Morgan fingerprint density at radius 3 is 2.60 bits per heavy atom. The molecule has 1 aliphatic rings. The summed E-state index contributed by atoms with van der Waals surface area (Å²) in [6.45, 7) is 3.85. The third-order valence-corrected chi connectivity index (χ3v) is 8.62. The molecular weight excluding hydrogens is 539 g/mol. The van der Waals surface area contributed by atoms with Crippen LogP contribution in [0, 0.1) is 5.82 Å². The topological polar surface area (TPSA) is 142 Å². The van der Waals surface area contributed by atoms with Crippen molar-refractivity contribution in [3.8, 4) is 16.9 Å². The van der Waals surface area contributed by atoms with Crippen molar-refractivity contribution in [1.82, 2.24) is 14.9 Å². The van der Waals surface area contributed by atoms with E-state index >= 15 is 4.39 Å². The van der Waals surface area contributed by atoms with Gasteiger partial charge < -0.3 is 19.7 Å². The van der Waals surface area contributed by atoms with Gasteiger partial charge in [-0.3, -0.25) is 10.1 Å². The van der Waals surface area contributed by atoms with Crippen molar-refractivity contribution in [2.45, 2.75) is 31.7 Å². The Balaban J connectivity index is 1.45. The van der Waals surface area contributed by atoms with E-state index in [4.69, 9.17) is 9.84 Å². The van der Waals surface area contributed by atoms with E-state index in [9.17, 15) is 18.0 Å². The Kier molecular flexibility index (Phi) is 7.19. The maximum absolute atomic E-state index is 15.3. The molecule has 1 aromatic heterocycles. The summed E-state index contributed by atoms with van der Waals surface area (Å²) in [5.74, 6) is -0.778. The van der Waals surface area contributed by atoms with Gasteiger partial charge in [-0.2, -0.15) is 0 Å². The number of hydrogen-bond donors (Lipinski definition) is 3. The minimum absolute atomic E-state index is 0.0725. The van der Waals surface area contributed by atoms with Gasteiger partial charge in [0, 0.05) is 23.2 Å². The summed E-state index contributed by atoms with van der Waals surface area (Å²) in [5, 5.41) is 11.1. The van der Waals surface area contributed by atoms with Gasteiger partial charge in [0.2, 0.25) is 5.95 Å². The number of carboxylic acid groups (broad SMARTS) is 1. The highest BCUT2D eigenvalue weighted by Gasteiger charge is 2.27. The number of carbonyl (C=O) groups is 2. The van der Waals surface area contributed by atoms with E-state index in [0.29, 0.717) is 16.8 Å². The first-order valence-electron chi connectivity index (χ1n) is 12.7. The lowest BCUT2D eigenvalue weighted by Gasteiger charge is -2.22. The second-order valence-corrected chi connectivity index (χ2v) is 11.6. The molecule has 0 unspecified atom stereocenters. The first-order chi connectivity index (χ1) is 19.1. The summed E-state index contributed by atoms with van der Waals surface area (Å²) >= 11 is 0. The number of halogens is 1. The summed E-state index contributed by atoms with van der Waals surface area (Å²) in [4.78, 5) is 32.8. The molecule has 40 heavy (non-hydrogen) atoms. The molecule has 0 saturated carbocycles. The number of sulfone groups is 1. The standard InChI is InChI=1S/C28H27FN4O6S/c1-3-19-20(7-10-24(25(19)29)40(37,38)4-2)26(34)33-11-12-39-23-9-6-16(13-18(23)15-33)17-5-8-21-22(14-17)31-27(30-21)32-28(35)36/h5-10,13-14H,3-4,11-12,15H2,1-2H3,(H,35,36)(H2,30,31,32). The number of carbonyl (C=O) groups excluding carboxylic acids is 1. The maximum atomic E-state index is 15.3. The average molecular weight is 567 g/mol. The molecule has 3 aromatic carbocycles. The van der Waals surface area contributed by atoms with Gasteiger partial charge >= 0.3 is 6.09 Å². The van der Waals surface area contributed by atoms with Gasteiger partial charge in [0.25, 0.3) is 5.91 Å². The average Bonchev–Trinajstić information content (AvgIpc) is 3.19. The molecule has 2 heterocycles. The minimum atomic E-state index is -3.78. The molecule has 0 bridgehead atoms. The minimum Gasteiger partial charge on any atom is -0.491 e. The highest BCUT2D eigenvalue weighted by atomic mass is 32.2. The number of rotatable bonds is 6. The van der Waals surface area contributed by atoms with Crippen molar-refractivity contribution >= 4 is 38.8 Å². The van der Waals surface area contributed by atoms with Gasteiger partial charge in [0.15, 0.2) is 9.84 Å². The van der Waals surface area contributed by atoms with Crippen LogP contribution < -0.4 is 10.1 Å². The fraction of sp³-hybridized carbons (Fsp3) is 0.250. The van der Waals surface area contributed by atoms with Crippen LogP contribution in [0.15, 0.2) is 53.4 Å². The van der Waals surface area contributed by atoms with Crippen LogP contribution in [0.3, 0.4) is 0 Å². The first-order valence-corrected chi connectivity index (χ1v) is 14.4. The molecule has 3 N–H and O–H groups in total. The van der Waals surface area contributed by atoms with Crippen molar-refractivity contribution in [3.05, 3.63) is 71.0 Å². The van der Waals surface area contributed by atoms with E-state index in [0.717, 1.165) is 16.7 Å². The number of benzene rings is 3. The molecular formula is C28H27FN4O6S. The number of anilines is 1. The van der Waals surface area contributed by atoms with Crippen LogP contribution in [-0.2, 0) is 22.8 Å². The highest BCUT2D eigenvalue weighted by molar-refractivity contribution is 7.91. The quantitative estimate of drug-likeness (QED) is 0.303. The molecule has 0 saturated heterocycles. The van der Waals surface area contributed by atoms with Gasteiger partial charge in [-0.25, -0.2) is 22.6 Å². The molecule has 0 atom stereocenters. The number of nitrogens with zero attached hydrogens (tertiary/aromatic N) is 2. The van der Waals surface area contributed by atoms with Crippen molar-refractivity contribution in [2.24, 2.45) is 0 Å². The van der Waals surface area contributed by atoms with E-state index in [1.165, 1.54) is 19.1 Å². The fourth-order valence-electron chi connectivity index (χ4n) is 4.81. The lowest BCUT2D eigenvalue weighted by molar-refractivity contribution is 0.0731. The van der Waals surface area contributed by atoms with E-state index in [1.807, 2.05) is 30.3 Å². The Hall–Kier alpha value is -4.45. The van der Waals surface area contributed by atoms with Crippen LogP contribution in [-0.4, -0.2) is 59.3 Å². The Morgan fingerprint density at radius 2 is 1.88 bits per heavy atom. The zero-order valence-corrected chi connectivity index (χ0v) is 22.6. The van der Waals surface area contributed by atoms with Crippen LogP contribution >= 0.6 is 0 Å². The number of nitrogens with one attached hydrogen (secondary N) is 2. The number of hydrogen-bond acceptors (Lipinski definition) is 6. The lowest BCUT2D eigenvalue weighted by atomic mass is 10.0. The summed E-state index contributed by atoms with van der Waals surface area (Å²) in [6, 6.07) is 13.7. The zero-order chi connectivity index (χ0) is 28.6. The predicted molar refractivity (Wildman–Crippen MR) is 147 cm³/mol. The summed E-state index contributed by atoms with van der Waals surface area (Å²) in [7, 11) is -3.78. The van der Waals surface area contributed by atoms with Crippen LogP contribution in [0.2, 0.25) is 0 Å². The second-order valence-electron chi connectivity index (χ2n) is 9.31. The Bertz CT molecular complexity index is 1750. The maximum Gasteiger partial charge on any atom is 0.411 e. The normalized spacial score (nSPS) is 13.4. The third kappa shape index (κ3) is 5.09. The number of aromatic amines is 1. The zero-order valence-electron chi connectivity index (χ0n) is 21.8. The van der Waals surface area contributed by atoms with E-state index < -0.39 is 32.6 Å². The van der Waals surface area contributed by atoms with Gasteiger partial charge in [-0.1, -0.05) is 26.0 Å². The second kappa shape index (κ2) is 10.6. The van der Waals surface area contributed by atoms with Gasteiger partial charge in [-0.05, 0) is 53.9 Å². The lowest BCUT2D eigenvalue weighted by Crippen LogP contribution is -2.33. The molecule has 4 aromatic rings. The number of fused-ring (bicyclic) bond motifs is 2. The summed E-state index contributed by atoms with van der Waals surface area (Å²) in [5.41, 5.74) is 3.88. The van der Waals surface area contributed by atoms with Crippen LogP contribution in [0.1, 0.15) is 35.3 Å². The molecule has 0 fully saturated rings. The number of ether oxygens (including phenoxy) is 1. The molecule has 2 amide bonds. The molecule has 10 nitrogen and oxygen atoms in total. The molecule has 208 valence electrons. The molecule has 1 aliphatic heterocycles. The number of amides is 2. The van der Waals surface area contributed by atoms with Crippen LogP contribution in [0.4, 0.5) is 15.1 Å². The molecule has 5 rings (SSSR count). The van der Waals surface area contributed by atoms with E-state index in [2.05, 4.69) is 15.3 Å². The molecule has 12 heteroatoms. The van der Waals surface area contributed by atoms with Gasteiger partial charge in [-0.15, -0.1) is 0 Å². The highest BCUT2D eigenvalue weighted by Crippen LogP contribution is 2.32. The summed E-state index contributed by atoms with van der Waals surface area (Å²) < 4.78 is 45.8. The smallest absolute Gasteiger partial charge is 0.411 e. The fourth-order valence-corrected chi connectivity index (χ4v) is 5.79. The van der Waals surface area contributed by atoms with Crippen LogP contribution in [0.5, 0.6) is 5.75 Å². The largest absolute Gasteiger partial charge is 0.491 e. The van der Waals surface area contributed by atoms with Gasteiger partial charge in [0.05, 0.1) is 23.3 Å². The molecule has 0 spiro atoms. The Morgan fingerprint density at radius 1 is 1.12 bits per heavy atom. The third-order valence-electron chi connectivity index (χ3n) is 6.88. The van der Waals surface area contributed by atoms with Crippen molar-refractivity contribution in [3.63, 3.8) is 0 Å². The van der Waals surface area contributed by atoms with Crippen LogP contribution in [0.25, 0.3) is 22.2 Å². The number of aromatic nitrogens is 2. The van der Waals surface area contributed by atoms with Gasteiger partial charge in [0.1, 0.15) is 23.1 Å². The predicted octanol–water partition coefficient (Wildman–Crippen LogP) is 4.85. The number of imidazole rings is 1. The van der Waals surface area contributed by atoms with Crippen molar-refractivity contribution < 1.29 is 32.2 Å². The van der Waals surface area contributed by atoms with Crippen molar-refractivity contribution in [1.29, 1.82) is 0 Å². The summed E-state index contributed by atoms with van der Waals surface area (Å²) in [6.07, 6.45) is -1.06. The Labute approximate surface area is 229 Å². The molecule has 0 radical (unpaired) electrons. The molecule has 0 aliphatic carbocycles. The van der Waals surface area contributed by atoms with E-state index in [1.54, 1.807) is 17.9 Å². The SMILES string of the molecule is CCc1c(C(=O)N2CCOc3ccc(-c4ccc5nc(NC(=O)O)[nH]c5c4)cc3C2)ccc(S(=O)(=O)CC)c1F. The monoisotopic (exact) mass is 566 g/mol. The van der Waals surface area contributed by atoms with Crippen molar-refractivity contribution in [2.75, 3.05) is 24.2 Å². The van der Waals surface area contributed by atoms with E-state index in [-0.39, 0.29) is 48.9 Å².